The molecule has 1 heteroatoms. The molecule has 3 saturated carbocycles. The number of hydrogen-bond acceptors (Lipinski definition) is 1. The van der Waals surface area contributed by atoms with Gasteiger partial charge in [-0.1, -0.05) is 0 Å². The smallest absolute Gasteiger partial charge is 0.0545 e. The van der Waals surface area contributed by atoms with Crippen molar-refractivity contribution in [2.75, 3.05) is 0 Å². The van der Waals surface area contributed by atoms with Gasteiger partial charge >= 0.3 is 0 Å². The predicted octanol–water partition coefficient (Wildman–Crippen LogP) is 1.80. The third-order valence-corrected chi connectivity index (χ3v) is 3.89. The SMILES string of the molecule is OC1CC2CC2CC2CC2C1. The van der Waals surface area contributed by atoms with Gasteiger partial charge in [-0.2, -0.15) is 0 Å². The Hall–Kier alpha value is -0.0400. The lowest BCUT2D eigenvalue weighted by Gasteiger charge is -2.12. The fourth-order valence-electron chi connectivity index (χ4n) is 2.96. The summed E-state index contributed by atoms with van der Waals surface area (Å²) in [5.74, 6) is 3.90. The Labute approximate surface area is 67.8 Å². The van der Waals surface area contributed by atoms with Gasteiger partial charge in [0, 0.05) is 0 Å². The van der Waals surface area contributed by atoms with Crippen LogP contribution < -0.4 is 0 Å². The maximum atomic E-state index is 9.61. The Morgan fingerprint density at radius 1 is 0.636 bits per heavy atom. The maximum Gasteiger partial charge on any atom is 0.0545 e. The normalized spacial score (nSPS) is 60.3. The molecule has 3 fully saturated rings. The predicted molar refractivity (Wildman–Crippen MR) is 43.1 cm³/mol. The van der Waals surface area contributed by atoms with E-state index < -0.39 is 0 Å². The van der Waals surface area contributed by atoms with Crippen molar-refractivity contribution in [3.05, 3.63) is 0 Å². The van der Waals surface area contributed by atoms with E-state index in [1.807, 2.05) is 0 Å². The average molecular weight is 152 g/mol. The van der Waals surface area contributed by atoms with E-state index in [4.69, 9.17) is 0 Å². The molecule has 0 heterocycles. The number of fused-ring (bicyclic) bond motifs is 2. The quantitative estimate of drug-likeness (QED) is 0.561. The minimum Gasteiger partial charge on any atom is -0.393 e. The molecule has 1 N–H and O–H groups in total. The van der Waals surface area contributed by atoms with Gasteiger partial charge in [-0.05, 0) is 55.8 Å². The van der Waals surface area contributed by atoms with Gasteiger partial charge in [-0.3, -0.25) is 0 Å². The molecular weight excluding hydrogens is 136 g/mol. The highest BCUT2D eigenvalue weighted by Crippen LogP contribution is 2.57. The molecule has 4 unspecified atom stereocenters. The highest BCUT2D eigenvalue weighted by molar-refractivity contribution is 4.99. The van der Waals surface area contributed by atoms with E-state index in [9.17, 15) is 5.11 Å². The molecule has 3 aliphatic rings. The van der Waals surface area contributed by atoms with Crippen LogP contribution >= 0.6 is 0 Å². The van der Waals surface area contributed by atoms with Crippen LogP contribution in [0.2, 0.25) is 0 Å². The van der Waals surface area contributed by atoms with Gasteiger partial charge in [-0.25, -0.2) is 0 Å². The van der Waals surface area contributed by atoms with Crippen molar-refractivity contribution < 1.29 is 5.11 Å². The van der Waals surface area contributed by atoms with Gasteiger partial charge in [0.05, 0.1) is 6.10 Å². The van der Waals surface area contributed by atoms with E-state index in [-0.39, 0.29) is 6.10 Å². The summed E-state index contributed by atoms with van der Waals surface area (Å²) in [7, 11) is 0. The second kappa shape index (κ2) is 2.01. The first-order chi connectivity index (χ1) is 5.33. The molecule has 0 amide bonds. The van der Waals surface area contributed by atoms with Gasteiger partial charge in [0.25, 0.3) is 0 Å². The van der Waals surface area contributed by atoms with Crippen LogP contribution in [-0.4, -0.2) is 11.2 Å². The number of aliphatic hydroxyl groups excluding tert-OH is 1. The summed E-state index contributed by atoms with van der Waals surface area (Å²) < 4.78 is 0. The minimum absolute atomic E-state index is 0.0558. The fraction of sp³-hybridized carbons (Fsp3) is 1.00. The lowest BCUT2D eigenvalue weighted by atomic mass is 9.99. The molecule has 0 saturated heterocycles. The topological polar surface area (TPSA) is 20.2 Å². The first kappa shape index (κ1) is 6.47. The highest BCUT2D eigenvalue weighted by atomic mass is 16.3. The summed E-state index contributed by atoms with van der Waals surface area (Å²) in [4.78, 5) is 0. The average Bonchev–Trinajstić information content (AvgIpc) is 2.77. The van der Waals surface area contributed by atoms with Gasteiger partial charge < -0.3 is 5.11 Å². The Bertz CT molecular complexity index is 156. The van der Waals surface area contributed by atoms with Gasteiger partial charge in [0.15, 0.2) is 0 Å². The largest absolute Gasteiger partial charge is 0.393 e. The molecule has 0 aromatic rings. The molecule has 3 rings (SSSR count). The van der Waals surface area contributed by atoms with E-state index in [1.54, 1.807) is 0 Å². The molecule has 0 aliphatic heterocycles. The molecule has 62 valence electrons. The molecule has 0 spiro atoms. The lowest BCUT2D eigenvalue weighted by molar-refractivity contribution is 0.132. The first-order valence-corrected chi connectivity index (χ1v) is 5.01. The van der Waals surface area contributed by atoms with Crippen LogP contribution in [0.25, 0.3) is 0 Å². The molecule has 3 aliphatic carbocycles. The van der Waals surface area contributed by atoms with Crippen LogP contribution in [0.1, 0.15) is 32.1 Å². The number of hydrogen-bond donors (Lipinski definition) is 1. The van der Waals surface area contributed by atoms with Gasteiger partial charge in [0.2, 0.25) is 0 Å². The second-order valence-electron chi connectivity index (χ2n) is 4.87. The van der Waals surface area contributed by atoms with Gasteiger partial charge in [0.1, 0.15) is 0 Å². The number of rotatable bonds is 0. The molecule has 4 atom stereocenters. The third-order valence-electron chi connectivity index (χ3n) is 3.89. The fourth-order valence-corrected chi connectivity index (χ4v) is 2.96. The highest BCUT2D eigenvalue weighted by Gasteiger charge is 2.48. The molecule has 1 nitrogen and oxygen atoms in total. The maximum absolute atomic E-state index is 9.61. The Kier molecular flexibility index (Phi) is 1.18. The zero-order valence-electron chi connectivity index (χ0n) is 6.87. The zero-order chi connectivity index (χ0) is 7.42. The minimum atomic E-state index is 0.0558. The Balaban J connectivity index is 1.70. The van der Waals surface area contributed by atoms with Crippen molar-refractivity contribution in [2.24, 2.45) is 23.7 Å². The standard InChI is InChI=1S/C10H16O/c11-10-4-8-2-6(8)1-7-3-9(7)5-10/h6-11H,1-5H2. The molecule has 0 aromatic heterocycles. The third kappa shape index (κ3) is 1.10. The van der Waals surface area contributed by atoms with E-state index >= 15 is 0 Å². The van der Waals surface area contributed by atoms with Crippen molar-refractivity contribution in [2.45, 2.75) is 38.2 Å². The van der Waals surface area contributed by atoms with Crippen LogP contribution in [0.15, 0.2) is 0 Å². The Morgan fingerprint density at radius 2 is 1.00 bits per heavy atom. The van der Waals surface area contributed by atoms with E-state index in [1.165, 1.54) is 19.3 Å². The van der Waals surface area contributed by atoms with Crippen LogP contribution in [0, 0.1) is 23.7 Å². The van der Waals surface area contributed by atoms with E-state index in [0.29, 0.717) is 0 Å². The van der Waals surface area contributed by atoms with Crippen LogP contribution in [0.5, 0.6) is 0 Å². The Morgan fingerprint density at radius 3 is 1.45 bits per heavy atom. The lowest BCUT2D eigenvalue weighted by Crippen LogP contribution is -2.11. The van der Waals surface area contributed by atoms with Crippen molar-refractivity contribution in [1.82, 2.24) is 0 Å². The number of aliphatic hydroxyl groups is 1. The summed E-state index contributed by atoms with van der Waals surface area (Å²) in [5.41, 5.74) is 0. The molecule has 0 bridgehead atoms. The summed E-state index contributed by atoms with van der Waals surface area (Å²) in [5, 5.41) is 9.61. The summed E-state index contributed by atoms with van der Waals surface area (Å²) in [6.45, 7) is 0. The summed E-state index contributed by atoms with van der Waals surface area (Å²) >= 11 is 0. The molecular formula is C10H16O. The van der Waals surface area contributed by atoms with Crippen LogP contribution in [0.3, 0.4) is 0 Å². The second-order valence-corrected chi connectivity index (χ2v) is 4.87. The summed E-state index contributed by atoms with van der Waals surface area (Å²) in [6.07, 6.45) is 6.66. The van der Waals surface area contributed by atoms with Crippen molar-refractivity contribution >= 4 is 0 Å². The van der Waals surface area contributed by atoms with Crippen LogP contribution in [-0.2, 0) is 0 Å². The van der Waals surface area contributed by atoms with E-state index in [0.717, 1.165) is 36.5 Å². The molecule has 11 heavy (non-hydrogen) atoms. The monoisotopic (exact) mass is 152 g/mol. The molecule has 0 aromatic carbocycles. The zero-order valence-corrected chi connectivity index (χ0v) is 6.87. The van der Waals surface area contributed by atoms with Crippen molar-refractivity contribution in [3.63, 3.8) is 0 Å². The van der Waals surface area contributed by atoms with Gasteiger partial charge in [-0.15, -0.1) is 0 Å². The first-order valence-electron chi connectivity index (χ1n) is 5.01. The summed E-state index contributed by atoms with van der Waals surface area (Å²) in [6, 6.07) is 0. The van der Waals surface area contributed by atoms with Crippen molar-refractivity contribution in [3.8, 4) is 0 Å². The van der Waals surface area contributed by atoms with E-state index in [2.05, 4.69) is 0 Å². The van der Waals surface area contributed by atoms with Crippen molar-refractivity contribution in [1.29, 1.82) is 0 Å². The molecule has 0 radical (unpaired) electrons. The van der Waals surface area contributed by atoms with Crippen LogP contribution in [0.4, 0.5) is 0 Å².